The van der Waals surface area contributed by atoms with Crippen LogP contribution in [-0.2, 0) is 9.53 Å². The van der Waals surface area contributed by atoms with Gasteiger partial charge in [-0.25, -0.2) is 4.79 Å². The van der Waals surface area contributed by atoms with Gasteiger partial charge in [0.15, 0.2) is 11.5 Å². The van der Waals surface area contributed by atoms with Crippen molar-refractivity contribution in [3.05, 3.63) is 23.8 Å². The second-order valence-electron chi connectivity index (χ2n) is 15.7. The van der Waals surface area contributed by atoms with Gasteiger partial charge in [0.1, 0.15) is 0 Å². The highest BCUT2D eigenvalue weighted by Crippen LogP contribution is 2.41. The molecule has 1 aromatic rings. The normalized spacial score (nSPS) is 11.5. The fraction of sp³-hybridized carbons (Fsp3) is 0.812. The van der Waals surface area contributed by atoms with Gasteiger partial charge in [-0.1, -0.05) is 194 Å². The molecule has 0 spiro atoms. The van der Waals surface area contributed by atoms with Gasteiger partial charge in [-0.15, -0.1) is 0 Å². The standard InChI is InChI=1S/C48H86O5/c1-6-9-12-15-18-21-24-27-30-33-40-50-45-38-36-44(37-39-46(49)53-43(4)5)47(51-41-34-31-28-25-22-19-16-13-10-7-2)48(45)52-42-35-32-29-26-23-20-17-14-11-8-3/h36-39,43H,6-35,40-42H2,1-5H3. The molecule has 0 aliphatic heterocycles. The summed E-state index contributed by atoms with van der Waals surface area (Å²) in [6.45, 7) is 12.5. The summed E-state index contributed by atoms with van der Waals surface area (Å²) >= 11 is 0. The van der Waals surface area contributed by atoms with E-state index in [0.717, 1.165) is 37.0 Å². The van der Waals surface area contributed by atoms with E-state index in [4.69, 9.17) is 18.9 Å². The zero-order valence-corrected chi connectivity index (χ0v) is 35.8. The third-order valence-electron chi connectivity index (χ3n) is 10.1. The average molecular weight is 743 g/mol. The summed E-state index contributed by atoms with van der Waals surface area (Å²) in [7, 11) is 0. The van der Waals surface area contributed by atoms with Crippen molar-refractivity contribution in [2.75, 3.05) is 19.8 Å². The van der Waals surface area contributed by atoms with Crippen LogP contribution in [-0.4, -0.2) is 31.9 Å². The van der Waals surface area contributed by atoms with Crippen molar-refractivity contribution in [3.63, 3.8) is 0 Å². The van der Waals surface area contributed by atoms with E-state index in [1.807, 2.05) is 26.0 Å². The summed E-state index contributed by atoms with van der Waals surface area (Å²) in [5.41, 5.74) is 0.821. The monoisotopic (exact) mass is 743 g/mol. The number of hydrogen-bond donors (Lipinski definition) is 0. The van der Waals surface area contributed by atoms with Crippen molar-refractivity contribution in [3.8, 4) is 17.2 Å². The average Bonchev–Trinajstić information content (AvgIpc) is 3.14. The third-order valence-corrected chi connectivity index (χ3v) is 10.1. The zero-order chi connectivity index (χ0) is 38.5. The third kappa shape index (κ3) is 28.9. The van der Waals surface area contributed by atoms with Crippen molar-refractivity contribution in [1.82, 2.24) is 0 Å². The summed E-state index contributed by atoms with van der Waals surface area (Å²) in [5.74, 6) is 1.75. The molecule has 0 aliphatic carbocycles. The number of carbonyl (C=O) groups excluding carboxylic acids is 1. The molecule has 0 atom stereocenters. The molecule has 0 heterocycles. The van der Waals surface area contributed by atoms with Gasteiger partial charge in [0.05, 0.1) is 25.9 Å². The predicted molar refractivity (Wildman–Crippen MR) is 229 cm³/mol. The molecule has 0 unspecified atom stereocenters. The van der Waals surface area contributed by atoms with Gasteiger partial charge in [0.2, 0.25) is 5.75 Å². The highest BCUT2D eigenvalue weighted by molar-refractivity contribution is 5.88. The Bertz CT molecular complexity index is 986. The van der Waals surface area contributed by atoms with Crippen molar-refractivity contribution < 1.29 is 23.7 Å². The lowest BCUT2D eigenvalue weighted by Gasteiger charge is -2.19. The van der Waals surface area contributed by atoms with Crippen LogP contribution in [0.15, 0.2) is 18.2 Å². The number of ether oxygens (including phenoxy) is 4. The van der Waals surface area contributed by atoms with Gasteiger partial charge in [-0.2, -0.15) is 0 Å². The van der Waals surface area contributed by atoms with E-state index in [1.165, 1.54) is 173 Å². The smallest absolute Gasteiger partial charge is 0.331 e. The first-order valence-corrected chi connectivity index (χ1v) is 23.0. The van der Waals surface area contributed by atoms with Crippen LogP contribution in [0, 0.1) is 0 Å². The van der Waals surface area contributed by atoms with Gasteiger partial charge in [-0.05, 0) is 51.3 Å². The lowest BCUT2D eigenvalue weighted by atomic mass is 10.1. The Morgan fingerprint density at radius 3 is 1.19 bits per heavy atom. The van der Waals surface area contributed by atoms with E-state index < -0.39 is 0 Å². The number of rotatable bonds is 39. The second kappa shape index (κ2) is 36.8. The van der Waals surface area contributed by atoms with E-state index in [0.29, 0.717) is 31.3 Å². The number of carbonyl (C=O) groups is 1. The molecular weight excluding hydrogens is 657 g/mol. The lowest BCUT2D eigenvalue weighted by Crippen LogP contribution is -2.09. The SMILES string of the molecule is CCCCCCCCCCCCOc1ccc(C=CC(=O)OC(C)C)c(OCCCCCCCCCCCC)c1OCCCCCCCCCCCC. The molecule has 0 saturated carbocycles. The molecule has 0 aliphatic rings. The summed E-state index contributed by atoms with van der Waals surface area (Å²) in [5, 5.41) is 0. The Morgan fingerprint density at radius 1 is 0.472 bits per heavy atom. The van der Waals surface area contributed by atoms with Crippen molar-refractivity contribution in [2.45, 2.75) is 233 Å². The van der Waals surface area contributed by atoms with E-state index >= 15 is 0 Å². The van der Waals surface area contributed by atoms with Crippen LogP contribution < -0.4 is 14.2 Å². The molecule has 53 heavy (non-hydrogen) atoms. The van der Waals surface area contributed by atoms with E-state index in [1.54, 1.807) is 6.08 Å². The van der Waals surface area contributed by atoms with Gasteiger partial charge >= 0.3 is 5.97 Å². The van der Waals surface area contributed by atoms with Crippen LogP contribution in [0.2, 0.25) is 0 Å². The minimum absolute atomic E-state index is 0.166. The maximum Gasteiger partial charge on any atom is 0.331 e. The molecule has 0 amide bonds. The lowest BCUT2D eigenvalue weighted by molar-refractivity contribution is -0.141. The minimum atomic E-state index is -0.352. The number of benzene rings is 1. The Morgan fingerprint density at radius 2 is 0.811 bits per heavy atom. The maximum absolute atomic E-state index is 12.5. The molecular formula is C48H86O5. The summed E-state index contributed by atoms with van der Waals surface area (Å²) in [4.78, 5) is 12.5. The molecule has 308 valence electrons. The maximum atomic E-state index is 12.5. The Labute approximate surface area is 329 Å². The molecule has 0 bridgehead atoms. The Balaban J connectivity index is 2.86. The zero-order valence-electron chi connectivity index (χ0n) is 35.8. The number of esters is 1. The largest absolute Gasteiger partial charge is 0.490 e. The van der Waals surface area contributed by atoms with Crippen LogP contribution in [0.5, 0.6) is 17.2 Å². The van der Waals surface area contributed by atoms with Gasteiger partial charge in [-0.3, -0.25) is 0 Å². The number of hydrogen-bond acceptors (Lipinski definition) is 5. The van der Waals surface area contributed by atoms with Gasteiger partial charge in [0, 0.05) is 11.6 Å². The first-order valence-electron chi connectivity index (χ1n) is 23.0. The quantitative estimate of drug-likeness (QED) is 0.0382. The highest BCUT2D eigenvalue weighted by Gasteiger charge is 2.18. The van der Waals surface area contributed by atoms with Crippen LogP contribution in [0.3, 0.4) is 0 Å². The second-order valence-corrected chi connectivity index (χ2v) is 15.7. The van der Waals surface area contributed by atoms with Crippen molar-refractivity contribution in [1.29, 1.82) is 0 Å². The number of unbranched alkanes of at least 4 members (excludes halogenated alkanes) is 27. The molecule has 1 rings (SSSR count). The van der Waals surface area contributed by atoms with Crippen molar-refractivity contribution >= 4 is 12.0 Å². The fourth-order valence-corrected chi connectivity index (χ4v) is 6.82. The Kier molecular flexibility index (Phi) is 33.9. The van der Waals surface area contributed by atoms with Crippen LogP contribution in [0.25, 0.3) is 6.08 Å². The molecule has 5 nitrogen and oxygen atoms in total. The summed E-state index contributed by atoms with van der Waals surface area (Å²) in [6, 6.07) is 3.99. The van der Waals surface area contributed by atoms with Crippen molar-refractivity contribution in [2.24, 2.45) is 0 Å². The van der Waals surface area contributed by atoms with Crippen LogP contribution in [0.1, 0.15) is 233 Å². The minimum Gasteiger partial charge on any atom is -0.490 e. The van der Waals surface area contributed by atoms with Crippen LogP contribution in [0.4, 0.5) is 0 Å². The first-order chi connectivity index (χ1) is 26.0. The molecule has 0 aromatic heterocycles. The van der Waals surface area contributed by atoms with E-state index in [9.17, 15) is 4.79 Å². The molecule has 5 heteroatoms. The molecule has 0 radical (unpaired) electrons. The predicted octanol–water partition coefficient (Wildman–Crippen LogP) is 15.6. The summed E-state index contributed by atoms with van der Waals surface area (Å²) < 4.78 is 24.9. The Hall–Kier alpha value is -2.17. The topological polar surface area (TPSA) is 54.0 Å². The summed E-state index contributed by atoms with van der Waals surface area (Å²) in [6.07, 6.45) is 41.8. The van der Waals surface area contributed by atoms with Gasteiger partial charge in [0.25, 0.3) is 0 Å². The fourth-order valence-electron chi connectivity index (χ4n) is 6.82. The highest BCUT2D eigenvalue weighted by atomic mass is 16.5. The molecule has 0 N–H and O–H groups in total. The molecule has 1 aromatic carbocycles. The van der Waals surface area contributed by atoms with E-state index in [2.05, 4.69) is 20.8 Å². The first kappa shape index (κ1) is 48.8. The molecule has 0 fully saturated rings. The van der Waals surface area contributed by atoms with Crippen LogP contribution >= 0.6 is 0 Å². The molecule has 0 saturated heterocycles. The van der Waals surface area contributed by atoms with E-state index in [-0.39, 0.29) is 12.1 Å². The van der Waals surface area contributed by atoms with Gasteiger partial charge < -0.3 is 18.9 Å².